The van der Waals surface area contributed by atoms with E-state index in [1.807, 2.05) is 0 Å². The third kappa shape index (κ3) is 4.77. The number of para-hydroxylation sites is 1. The van der Waals surface area contributed by atoms with Crippen LogP contribution in [0.3, 0.4) is 0 Å². The topological polar surface area (TPSA) is 139 Å². The molecule has 3 aromatic rings. The van der Waals surface area contributed by atoms with Gasteiger partial charge in [-0.1, -0.05) is 29.8 Å². The van der Waals surface area contributed by atoms with Gasteiger partial charge in [0.1, 0.15) is 9.92 Å². The Morgan fingerprint density at radius 1 is 1.10 bits per heavy atom. The van der Waals surface area contributed by atoms with E-state index in [9.17, 15) is 18.5 Å². The van der Waals surface area contributed by atoms with Gasteiger partial charge in [0.2, 0.25) is 16.0 Å². The highest BCUT2D eigenvalue weighted by atomic mass is 35.5. The Kier molecular flexibility index (Phi) is 5.92. The van der Waals surface area contributed by atoms with E-state index in [1.165, 1.54) is 37.5 Å². The molecule has 2 aromatic carbocycles. The van der Waals surface area contributed by atoms with Gasteiger partial charge in [0, 0.05) is 17.8 Å². The summed E-state index contributed by atoms with van der Waals surface area (Å²) in [7, 11) is -2.40. The van der Waals surface area contributed by atoms with E-state index in [4.69, 9.17) is 11.6 Å². The quantitative estimate of drug-likeness (QED) is 0.379. The average Bonchev–Trinajstić information content (AvgIpc) is 2.71. The monoisotopic (exact) mass is 434 g/mol. The Morgan fingerprint density at radius 3 is 2.59 bits per heavy atom. The molecule has 0 spiro atoms. The first-order chi connectivity index (χ1) is 13.8. The zero-order chi connectivity index (χ0) is 21.0. The lowest BCUT2D eigenvalue weighted by Gasteiger charge is -2.13. The summed E-state index contributed by atoms with van der Waals surface area (Å²) in [5.41, 5.74) is 0.586. The summed E-state index contributed by atoms with van der Waals surface area (Å²) in [5.74, 6) is 0.278. The summed E-state index contributed by atoms with van der Waals surface area (Å²) in [5, 5.41) is 16.8. The van der Waals surface area contributed by atoms with Crippen molar-refractivity contribution < 1.29 is 13.3 Å². The van der Waals surface area contributed by atoms with Gasteiger partial charge in [0.25, 0.3) is 5.69 Å². The fraction of sp³-hybridized carbons (Fsp3) is 0.0588. The number of nitrogens with one attached hydrogen (secondary N) is 3. The van der Waals surface area contributed by atoms with Crippen LogP contribution in [0.5, 0.6) is 0 Å². The maximum atomic E-state index is 12.2. The zero-order valence-electron chi connectivity index (χ0n) is 15.0. The van der Waals surface area contributed by atoms with Crippen molar-refractivity contribution >= 4 is 50.5 Å². The molecule has 0 saturated carbocycles. The molecular formula is C17H15ClN6O4S. The standard InChI is InChI=1S/C17H15ClN6O4S/c1-19-29(27,28)15-8-3-2-7-14(15)22-16-13(18)10-20-17(23-16)21-11-5-4-6-12(9-11)24(25)26/h2-10,19H,1H3,(H2,20,21,22,23). The van der Waals surface area contributed by atoms with Crippen LogP contribution >= 0.6 is 11.6 Å². The number of benzene rings is 2. The summed E-state index contributed by atoms with van der Waals surface area (Å²) in [4.78, 5) is 18.7. The predicted molar refractivity (Wildman–Crippen MR) is 109 cm³/mol. The second kappa shape index (κ2) is 8.39. The number of rotatable bonds is 7. The van der Waals surface area contributed by atoms with Gasteiger partial charge in [0.05, 0.1) is 16.8 Å². The number of sulfonamides is 1. The number of nitrogens with zero attached hydrogens (tertiary/aromatic N) is 3. The van der Waals surface area contributed by atoms with Crippen molar-refractivity contribution in [2.75, 3.05) is 17.7 Å². The molecule has 0 radical (unpaired) electrons. The molecule has 0 atom stereocenters. The van der Waals surface area contributed by atoms with Crippen molar-refractivity contribution in [3.8, 4) is 0 Å². The number of nitro benzene ring substituents is 1. The molecule has 150 valence electrons. The van der Waals surface area contributed by atoms with Gasteiger partial charge in [-0.2, -0.15) is 4.98 Å². The minimum Gasteiger partial charge on any atom is -0.338 e. The summed E-state index contributed by atoms with van der Waals surface area (Å²) in [6.07, 6.45) is 1.33. The molecule has 3 rings (SSSR count). The lowest BCUT2D eigenvalue weighted by Crippen LogP contribution is -2.19. The molecule has 12 heteroatoms. The third-order valence-electron chi connectivity index (χ3n) is 3.76. The van der Waals surface area contributed by atoms with Crippen molar-refractivity contribution in [3.05, 3.63) is 69.9 Å². The van der Waals surface area contributed by atoms with Crippen molar-refractivity contribution in [1.29, 1.82) is 0 Å². The van der Waals surface area contributed by atoms with Crippen molar-refractivity contribution in [1.82, 2.24) is 14.7 Å². The fourth-order valence-electron chi connectivity index (χ4n) is 2.38. The third-order valence-corrected chi connectivity index (χ3v) is 5.50. The number of aromatic nitrogens is 2. The Morgan fingerprint density at radius 2 is 1.86 bits per heavy atom. The Hall–Kier alpha value is -3.28. The van der Waals surface area contributed by atoms with E-state index in [-0.39, 0.29) is 33.1 Å². The minimum atomic E-state index is -3.71. The maximum absolute atomic E-state index is 12.2. The molecule has 29 heavy (non-hydrogen) atoms. The second-order valence-corrected chi connectivity index (χ2v) is 7.91. The van der Waals surface area contributed by atoms with Crippen LogP contribution in [0.25, 0.3) is 0 Å². The fourth-order valence-corrected chi connectivity index (χ4v) is 3.41. The van der Waals surface area contributed by atoms with Crippen LogP contribution < -0.4 is 15.4 Å². The van der Waals surface area contributed by atoms with Gasteiger partial charge in [0.15, 0.2) is 5.82 Å². The van der Waals surface area contributed by atoms with Crippen molar-refractivity contribution in [3.63, 3.8) is 0 Å². The molecule has 0 aliphatic rings. The normalized spacial score (nSPS) is 11.1. The number of nitro groups is 1. The first-order valence-electron chi connectivity index (χ1n) is 8.14. The van der Waals surface area contributed by atoms with Crippen LogP contribution in [-0.4, -0.2) is 30.4 Å². The molecule has 0 bridgehead atoms. The summed E-state index contributed by atoms with van der Waals surface area (Å²) in [6, 6.07) is 12.1. The Balaban J connectivity index is 1.92. The summed E-state index contributed by atoms with van der Waals surface area (Å²) < 4.78 is 26.7. The number of non-ortho nitro benzene ring substituents is 1. The number of hydrogen-bond acceptors (Lipinski definition) is 8. The van der Waals surface area contributed by atoms with Gasteiger partial charge >= 0.3 is 0 Å². The molecular weight excluding hydrogens is 420 g/mol. The second-order valence-electron chi connectivity index (χ2n) is 5.65. The van der Waals surface area contributed by atoms with Crippen LogP contribution in [-0.2, 0) is 10.0 Å². The molecule has 0 aliphatic carbocycles. The molecule has 0 fully saturated rings. The van der Waals surface area contributed by atoms with E-state index in [0.29, 0.717) is 5.69 Å². The predicted octanol–water partition coefficient (Wildman–Crippen LogP) is 3.43. The number of hydrogen-bond donors (Lipinski definition) is 3. The Bertz CT molecular complexity index is 1170. The van der Waals surface area contributed by atoms with Crippen LogP contribution in [0.2, 0.25) is 5.02 Å². The van der Waals surface area contributed by atoms with Gasteiger partial charge in [-0.3, -0.25) is 10.1 Å². The Labute approximate surface area is 171 Å². The van der Waals surface area contributed by atoms with Gasteiger partial charge in [-0.05, 0) is 25.2 Å². The maximum Gasteiger partial charge on any atom is 0.271 e. The molecule has 3 N–H and O–H groups in total. The number of halogens is 1. The smallest absolute Gasteiger partial charge is 0.271 e. The van der Waals surface area contributed by atoms with Gasteiger partial charge < -0.3 is 10.6 Å². The van der Waals surface area contributed by atoms with E-state index in [2.05, 4.69) is 25.3 Å². The van der Waals surface area contributed by atoms with Crippen LogP contribution in [0, 0.1) is 10.1 Å². The lowest BCUT2D eigenvalue weighted by atomic mass is 10.3. The first kappa shape index (κ1) is 20.5. The molecule has 10 nitrogen and oxygen atoms in total. The van der Waals surface area contributed by atoms with E-state index >= 15 is 0 Å². The number of anilines is 4. The lowest BCUT2D eigenvalue weighted by molar-refractivity contribution is -0.384. The first-order valence-corrected chi connectivity index (χ1v) is 10.00. The van der Waals surface area contributed by atoms with Gasteiger partial charge in [-0.25, -0.2) is 18.1 Å². The van der Waals surface area contributed by atoms with E-state index in [0.717, 1.165) is 0 Å². The van der Waals surface area contributed by atoms with Crippen molar-refractivity contribution in [2.45, 2.75) is 4.90 Å². The highest BCUT2D eigenvalue weighted by Gasteiger charge is 2.17. The molecule has 1 heterocycles. The highest BCUT2D eigenvalue weighted by molar-refractivity contribution is 7.89. The largest absolute Gasteiger partial charge is 0.338 e. The van der Waals surface area contributed by atoms with E-state index in [1.54, 1.807) is 24.3 Å². The molecule has 0 amide bonds. The molecule has 0 saturated heterocycles. The zero-order valence-corrected chi connectivity index (χ0v) is 16.5. The molecule has 1 aromatic heterocycles. The molecule has 0 unspecified atom stereocenters. The highest BCUT2D eigenvalue weighted by Crippen LogP contribution is 2.29. The van der Waals surface area contributed by atoms with Crippen LogP contribution in [0.1, 0.15) is 0 Å². The van der Waals surface area contributed by atoms with Crippen molar-refractivity contribution in [2.24, 2.45) is 0 Å². The SMILES string of the molecule is CNS(=O)(=O)c1ccccc1Nc1nc(Nc2cccc([N+](=O)[O-])c2)ncc1Cl. The average molecular weight is 435 g/mol. The summed E-state index contributed by atoms with van der Waals surface area (Å²) >= 11 is 6.15. The van der Waals surface area contributed by atoms with E-state index < -0.39 is 14.9 Å². The molecule has 0 aliphatic heterocycles. The van der Waals surface area contributed by atoms with Crippen LogP contribution in [0.15, 0.2) is 59.6 Å². The van der Waals surface area contributed by atoms with Gasteiger partial charge in [-0.15, -0.1) is 0 Å². The minimum absolute atomic E-state index is 0.0189. The van der Waals surface area contributed by atoms with Crippen LogP contribution in [0.4, 0.5) is 28.8 Å². The summed E-state index contributed by atoms with van der Waals surface area (Å²) in [6.45, 7) is 0.